The van der Waals surface area contributed by atoms with E-state index in [-0.39, 0.29) is 10.8 Å². The van der Waals surface area contributed by atoms with Crippen molar-refractivity contribution in [1.29, 1.82) is 0 Å². The molecule has 7 heteroatoms. The number of rotatable bonds is 4. The van der Waals surface area contributed by atoms with Crippen molar-refractivity contribution in [3.8, 4) is 0 Å². The Balaban J connectivity index is 2.47. The van der Waals surface area contributed by atoms with Gasteiger partial charge in [-0.05, 0) is 42.7 Å². The average molecular weight is 357 g/mol. The van der Waals surface area contributed by atoms with Crippen molar-refractivity contribution >= 4 is 15.7 Å². The average Bonchev–Trinajstić information content (AvgIpc) is 2.46. The Bertz CT molecular complexity index is 826. The van der Waals surface area contributed by atoms with E-state index in [0.717, 1.165) is 17.7 Å². The molecule has 0 aromatic heterocycles. The molecule has 130 valence electrons. The van der Waals surface area contributed by atoms with E-state index in [1.165, 1.54) is 18.2 Å². The van der Waals surface area contributed by atoms with Gasteiger partial charge in [-0.3, -0.25) is 4.72 Å². The minimum Gasteiger partial charge on any atom is -0.279 e. The molecule has 2 aromatic rings. The number of sulfonamides is 1. The zero-order valence-electron chi connectivity index (χ0n) is 13.5. The van der Waals surface area contributed by atoms with Crippen LogP contribution in [0.15, 0.2) is 47.4 Å². The van der Waals surface area contributed by atoms with Crippen molar-refractivity contribution in [2.24, 2.45) is 0 Å². The zero-order valence-corrected chi connectivity index (χ0v) is 14.3. The smallest absolute Gasteiger partial charge is 0.279 e. The molecule has 0 aliphatic rings. The summed E-state index contributed by atoms with van der Waals surface area (Å²) in [5.74, 6) is -0.103. The first-order valence-electron chi connectivity index (χ1n) is 7.31. The normalized spacial score (nSPS) is 12.5. The Labute approximate surface area is 139 Å². The number of benzene rings is 2. The summed E-state index contributed by atoms with van der Waals surface area (Å²) in [6, 6.07) is 9.51. The summed E-state index contributed by atoms with van der Waals surface area (Å²) in [7, 11) is -4.10. The Kier molecular flexibility index (Phi) is 4.94. The fraction of sp³-hybridized carbons (Fsp3) is 0.294. The summed E-state index contributed by atoms with van der Waals surface area (Å²) in [5.41, 5.74) is -0.135. The molecule has 0 heterocycles. The topological polar surface area (TPSA) is 46.2 Å². The molecule has 0 aliphatic carbocycles. The maximum absolute atomic E-state index is 13.3. The van der Waals surface area contributed by atoms with Gasteiger partial charge in [-0.25, -0.2) is 8.42 Å². The molecule has 1 N–H and O–H groups in total. The molecule has 0 aliphatic heterocycles. The zero-order chi connectivity index (χ0) is 18.1. The third kappa shape index (κ3) is 4.08. The van der Waals surface area contributed by atoms with Gasteiger partial charge < -0.3 is 0 Å². The predicted molar refractivity (Wildman–Crippen MR) is 87.5 cm³/mol. The highest BCUT2D eigenvalue weighted by Gasteiger charge is 2.35. The molecule has 0 bridgehead atoms. The SMILES string of the molecule is Cc1ccc(S(=O)(=O)Nc2ccc(C(C)C)cc2C(F)(F)F)cc1. The van der Waals surface area contributed by atoms with E-state index in [2.05, 4.69) is 0 Å². The molecule has 0 spiro atoms. The molecule has 0 saturated heterocycles. The van der Waals surface area contributed by atoms with E-state index >= 15 is 0 Å². The van der Waals surface area contributed by atoms with Crippen LogP contribution in [0.25, 0.3) is 0 Å². The van der Waals surface area contributed by atoms with Gasteiger partial charge in [0.25, 0.3) is 10.0 Å². The molecular weight excluding hydrogens is 339 g/mol. The van der Waals surface area contributed by atoms with Crippen LogP contribution in [0.3, 0.4) is 0 Å². The summed E-state index contributed by atoms with van der Waals surface area (Å²) in [4.78, 5) is -0.0887. The summed E-state index contributed by atoms with van der Waals surface area (Å²) < 4.78 is 66.6. The second kappa shape index (κ2) is 6.47. The van der Waals surface area contributed by atoms with Gasteiger partial charge in [0.2, 0.25) is 0 Å². The molecule has 0 fully saturated rings. The minimum atomic E-state index is -4.66. The van der Waals surface area contributed by atoms with E-state index < -0.39 is 27.5 Å². The fourth-order valence-electron chi connectivity index (χ4n) is 2.17. The lowest BCUT2D eigenvalue weighted by atomic mass is 9.99. The second-order valence-electron chi connectivity index (χ2n) is 5.88. The maximum Gasteiger partial charge on any atom is 0.418 e. The van der Waals surface area contributed by atoms with Crippen LogP contribution in [0.2, 0.25) is 0 Å². The van der Waals surface area contributed by atoms with E-state index in [0.29, 0.717) is 5.56 Å². The lowest BCUT2D eigenvalue weighted by molar-refractivity contribution is -0.136. The number of anilines is 1. The third-order valence-electron chi connectivity index (χ3n) is 3.59. The molecular formula is C17H18F3NO2S. The van der Waals surface area contributed by atoms with Gasteiger partial charge in [-0.15, -0.1) is 0 Å². The van der Waals surface area contributed by atoms with Gasteiger partial charge >= 0.3 is 6.18 Å². The van der Waals surface area contributed by atoms with Crippen LogP contribution in [-0.2, 0) is 16.2 Å². The lowest BCUT2D eigenvalue weighted by Crippen LogP contribution is -2.17. The number of hydrogen-bond donors (Lipinski definition) is 1. The molecule has 2 aromatic carbocycles. The highest BCUT2D eigenvalue weighted by atomic mass is 32.2. The van der Waals surface area contributed by atoms with Crippen LogP contribution in [-0.4, -0.2) is 8.42 Å². The first kappa shape index (κ1) is 18.3. The van der Waals surface area contributed by atoms with E-state index in [1.54, 1.807) is 32.9 Å². The number of hydrogen-bond acceptors (Lipinski definition) is 2. The van der Waals surface area contributed by atoms with Crippen molar-refractivity contribution in [2.45, 2.75) is 37.8 Å². The van der Waals surface area contributed by atoms with Crippen molar-refractivity contribution in [3.05, 3.63) is 59.2 Å². The highest BCUT2D eigenvalue weighted by molar-refractivity contribution is 7.92. The van der Waals surface area contributed by atoms with Gasteiger partial charge in [0.05, 0.1) is 16.1 Å². The molecule has 0 unspecified atom stereocenters. The highest BCUT2D eigenvalue weighted by Crippen LogP contribution is 2.37. The number of aryl methyl sites for hydroxylation is 1. The number of nitrogens with one attached hydrogen (secondary N) is 1. The fourth-order valence-corrected chi connectivity index (χ4v) is 3.25. The Morgan fingerprint density at radius 1 is 1.00 bits per heavy atom. The second-order valence-corrected chi connectivity index (χ2v) is 7.56. The van der Waals surface area contributed by atoms with Gasteiger partial charge in [-0.1, -0.05) is 37.6 Å². The first-order valence-corrected chi connectivity index (χ1v) is 8.79. The van der Waals surface area contributed by atoms with Crippen LogP contribution in [0.5, 0.6) is 0 Å². The predicted octanol–water partition coefficient (Wildman–Crippen LogP) is 4.94. The number of alkyl halides is 3. The van der Waals surface area contributed by atoms with Crippen molar-refractivity contribution in [1.82, 2.24) is 0 Å². The first-order chi connectivity index (χ1) is 11.0. The summed E-state index contributed by atoms with van der Waals surface area (Å²) >= 11 is 0. The van der Waals surface area contributed by atoms with E-state index in [1.807, 2.05) is 4.72 Å². The maximum atomic E-state index is 13.3. The summed E-state index contributed by atoms with van der Waals surface area (Å²) in [6.45, 7) is 5.33. The molecule has 0 atom stereocenters. The summed E-state index contributed by atoms with van der Waals surface area (Å²) in [6.07, 6.45) is -4.66. The lowest BCUT2D eigenvalue weighted by Gasteiger charge is -2.17. The Hall–Kier alpha value is -2.02. The van der Waals surface area contributed by atoms with Crippen LogP contribution in [0.4, 0.5) is 18.9 Å². The molecule has 2 rings (SSSR count). The third-order valence-corrected chi connectivity index (χ3v) is 4.97. The van der Waals surface area contributed by atoms with Crippen molar-refractivity contribution in [2.75, 3.05) is 4.72 Å². The molecule has 24 heavy (non-hydrogen) atoms. The minimum absolute atomic E-state index is 0.0887. The van der Waals surface area contributed by atoms with Crippen LogP contribution in [0, 0.1) is 6.92 Å². The molecule has 0 saturated carbocycles. The van der Waals surface area contributed by atoms with Gasteiger partial charge in [0.1, 0.15) is 0 Å². The molecule has 0 radical (unpaired) electrons. The van der Waals surface area contributed by atoms with Crippen molar-refractivity contribution in [3.63, 3.8) is 0 Å². The van der Waals surface area contributed by atoms with Crippen LogP contribution >= 0.6 is 0 Å². The van der Waals surface area contributed by atoms with E-state index in [9.17, 15) is 21.6 Å². The molecule has 0 amide bonds. The van der Waals surface area contributed by atoms with Gasteiger partial charge in [-0.2, -0.15) is 13.2 Å². The standard InChI is InChI=1S/C17H18F3NO2S/c1-11(2)13-6-9-16(15(10-13)17(18,19)20)21-24(22,23)14-7-4-12(3)5-8-14/h4-11,21H,1-3H3. The molecule has 3 nitrogen and oxygen atoms in total. The summed E-state index contributed by atoms with van der Waals surface area (Å²) in [5, 5.41) is 0. The van der Waals surface area contributed by atoms with Crippen LogP contribution in [0.1, 0.15) is 36.5 Å². The monoisotopic (exact) mass is 357 g/mol. The number of halogens is 3. The Morgan fingerprint density at radius 3 is 2.08 bits per heavy atom. The van der Waals surface area contributed by atoms with E-state index in [4.69, 9.17) is 0 Å². The Morgan fingerprint density at radius 2 is 1.58 bits per heavy atom. The van der Waals surface area contributed by atoms with Crippen molar-refractivity contribution < 1.29 is 21.6 Å². The van der Waals surface area contributed by atoms with Gasteiger partial charge in [0, 0.05) is 0 Å². The quantitative estimate of drug-likeness (QED) is 0.843. The van der Waals surface area contributed by atoms with Gasteiger partial charge in [0.15, 0.2) is 0 Å². The van der Waals surface area contributed by atoms with Crippen LogP contribution < -0.4 is 4.72 Å². The largest absolute Gasteiger partial charge is 0.418 e.